The first kappa shape index (κ1) is 29.2. The molecule has 208 valence electrons. The molecule has 1 aliphatic carbocycles. The van der Waals surface area contributed by atoms with Gasteiger partial charge in [-0.25, -0.2) is 4.79 Å². The van der Waals surface area contributed by atoms with Crippen molar-refractivity contribution in [2.24, 2.45) is 0 Å². The number of nitrogens with one attached hydrogen (secondary N) is 1. The number of allylic oxidation sites excluding steroid dienone is 1. The van der Waals surface area contributed by atoms with Gasteiger partial charge < -0.3 is 14.8 Å². The van der Waals surface area contributed by atoms with E-state index in [9.17, 15) is 9.59 Å². The molecule has 0 saturated carbocycles. The minimum absolute atomic E-state index is 0.108. The summed E-state index contributed by atoms with van der Waals surface area (Å²) in [6.45, 7) is 10.5. The van der Waals surface area contributed by atoms with E-state index in [1.54, 1.807) is 13.0 Å². The Bertz CT molecular complexity index is 1340. The molecule has 1 N–H and O–H groups in total. The molecule has 1 aromatic carbocycles. The van der Waals surface area contributed by atoms with E-state index in [4.69, 9.17) is 21.1 Å². The van der Waals surface area contributed by atoms with Crippen LogP contribution in [0.1, 0.15) is 63.9 Å². The summed E-state index contributed by atoms with van der Waals surface area (Å²) in [4.78, 5) is 26.9. The molecule has 2 heterocycles. The van der Waals surface area contributed by atoms with Crippen molar-refractivity contribution in [3.8, 4) is 5.75 Å². The van der Waals surface area contributed by atoms with E-state index in [-0.39, 0.29) is 30.8 Å². The van der Waals surface area contributed by atoms with Gasteiger partial charge in [-0.1, -0.05) is 35.9 Å². The fourth-order valence-electron chi connectivity index (χ4n) is 4.53. The number of thiophene rings is 1. The van der Waals surface area contributed by atoms with Crippen molar-refractivity contribution in [2.45, 2.75) is 71.2 Å². The average molecular weight is 589 g/mol. The van der Waals surface area contributed by atoms with Crippen molar-refractivity contribution >= 4 is 51.6 Å². The quantitative estimate of drug-likeness (QED) is 0.117. The second kappa shape index (κ2) is 13.5. The monoisotopic (exact) mass is 588 g/mol. The molecule has 3 aromatic rings. The third-order valence-electron chi connectivity index (χ3n) is 6.37. The van der Waals surface area contributed by atoms with Crippen LogP contribution in [0.4, 0.5) is 5.00 Å². The maximum absolute atomic E-state index is 13.0. The lowest BCUT2D eigenvalue weighted by molar-refractivity contribution is -0.113. The largest absolute Gasteiger partial charge is 0.486 e. The van der Waals surface area contributed by atoms with E-state index in [0.29, 0.717) is 33.8 Å². The topological polar surface area (TPSA) is 95.3 Å². The van der Waals surface area contributed by atoms with Crippen molar-refractivity contribution < 1.29 is 19.1 Å². The van der Waals surface area contributed by atoms with Crippen molar-refractivity contribution in [3.63, 3.8) is 0 Å². The fraction of sp³-hybridized carbons (Fsp3) is 0.429. The number of benzene rings is 1. The van der Waals surface area contributed by atoms with Crippen molar-refractivity contribution in [1.29, 1.82) is 0 Å². The van der Waals surface area contributed by atoms with E-state index in [1.807, 2.05) is 30.5 Å². The highest BCUT2D eigenvalue weighted by Crippen LogP contribution is 2.38. The van der Waals surface area contributed by atoms with Crippen LogP contribution in [-0.2, 0) is 35.5 Å². The van der Waals surface area contributed by atoms with Crippen molar-refractivity contribution in [2.75, 3.05) is 17.7 Å². The number of aryl methyl sites for hydroxylation is 3. The number of ether oxygens (including phenoxy) is 2. The highest BCUT2D eigenvalue weighted by Gasteiger charge is 2.27. The van der Waals surface area contributed by atoms with Crippen molar-refractivity contribution in [3.05, 3.63) is 62.8 Å². The number of fused-ring (bicyclic) bond motifs is 1. The molecule has 0 fully saturated rings. The maximum Gasteiger partial charge on any atom is 0.341 e. The molecule has 2 aromatic heterocycles. The second-order valence-electron chi connectivity index (χ2n) is 9.28. The predicted octanol–water partition coefficient (Wildman–Crippen LogP) is 6.55. The van der Waals surface area contributed by atoms with Gasteiger partial charge in [0.2, 0.25) is 5.91 Å². The number of thioether (sulfide) groups is 1. The van der Waals surface area contributed by atoms with Crippen LogP contribution in [0.5, 0.6) is 5.75 Å². The summed E-state index contributed by atoms with van der Waals surface area (Å²) >= 11 is 9.03. The number of carbonyl (C=O) groups is 2. The lowest BCUT2D eigenvalue weighted by Gasteiger charge is -2.11. The summed E-state index contributed by atoms with van der Waals surface area (Å²) in [6, 6.07) is 3.77. The smallest absolute Gasteiger partial charge is 0.341 e. The van der Waals surface area contributed by atoms with Crippen LogP contribution in [0.25, 0.3) is 0 Å². The normalized spacial score (nSPS) is 12.9. The van der Waals surface area contributed by atoms with Crippen LogP contribution in [0.15, 0.2) is 29.9 Å². The Morgan fingerprint density at radius 1 is 1.21 bits per heavy atom. The predicted molar refractivity (Wildman–Crippen MR) is 156 cm³/mol. The SMILES string of the molecule is C=CCn1c(COc2cc(C)c(Cl)c(C)c2)nnc1SCC(=O)Nc1sc2c(c1C(=O)OCC)CCCCC2. The van der Waals surface area contributed by atoms with E-state index < -0.39 is 0 Å². The highest BCUT2D eigenvalue weighted by molar-refractivity contribution is 7.99. The third-order valence-corrected chi connectivity index (χ3v) is 9.14. The molecule has 8 nitrogen and oxygen atoms in total. The Morgan fingerprint density at radius 3 is 2.67 bits per heavy atom. The van der Waals surface area contributed by atoms with E-state index >= 15 is 0 Å². The number of rotatable bonds is 11. The zero-order chi connectivity index (χ0) is 27.9. The molecule has 0 atom stereocenters. The molecule has 1 amide bonds. The molecule has 0 bridgehead atoms. The van der Waals surface area contributed by atoms with Gasteiger partial charge in [0.25, 0.3) is 0 Å². The molecule has 0 saturated heterocycles. The Kier molecular flexibility index (Phi) is 10.1. The number of halogens is 1. The van der Waals surface area contributed by atoms with Crippen LogP contribution >= 0.6 is 34.7 Å². The van der Waals surface area contributed by atoms with Gasteiger partial charge in [-0.2, -0.15) is 0 Å². The number of hydrogen-bond acceptors (Lipinski definition) is 8. The molecule has 0 spiro atoms. The average Bonchev–Trinajstić information content (AvgIpc) is 3.36. The first-order chi connectivity index (χ1) is 18.8. The minimum atomic E-state index is -0.374. The summed E-state index contributed by atoms with van der Waals surface area (Å²) in [5.41, 5.74) is 3.42. The lowest BCUT2D eigenvalue weighted by Crippen LogP contribution is -2.17. The molecular formula is C28H33ClN4O4S2. The van der Waals surface area contributed by atoms with Crippen LogP contribution in [0.2, 0.25) is 5.02 Å². The highest BCUT2D eigenvalue weighted by atomic mass is 35.5. The van der Waals surface area contributed by atoms with Crippen LogP contribution in [0.3, 0.4) is 0 Å². The van der Waals surface area contributed by atoms with Gasteiger partial charge in [-0.3, -0.25) is 9.36 Å². The summed E-state index contributed by atoms with van der Waals surface area (Å²) in [7, 11) is 0. The number of hydrogen-bond donors (Lipinski definition) is 1. The number of esters is 1. The van der Waals surface area contributed by atoms with Crippen molar-refractivity contribution in [1.82, 2.24) is 14.8 Å². The molecule has 4 rings (SSSR count). The first-order valence-corrected chi connectivity index (χ1v) is 15.2. The van der Waals surface area contributed by atoms with Crippen LogP contribution < -0.4 is 10.1 Å². The molecule has 1 aliphatic rings. The zero-order valence-electron chi connectivity index (χ0n) is 22.5. The van der Waals surface area contributed by atoms with Crippen LogP contribution in [0, 0.1) is 13.8 Å². The number of carbonyl (C=O) groups excluding carboxylic acids is 2. The van der Waals surface area contributed by atoms with Gasteiger partial charge in [0.15, 0.2) is 11.0 Å². The Balaban J connectivity index is 1.44. The molecule has 0 aliphatic heterocycles. The number of aromatic nitrogens is 3. The summed E-state index contributed by atoms with van der Waals surface area (Å²) < 4.78 is 13.2. The van der Waals surface area contributed by atoms with Gasteiger partial charge in [0.05, 0.1) is 17.9 Å². The molecule has 0 unspecified atom stereocenters. The number of nitrogens with zero attached hydrogens (tertiary/aromatic N) is 3. The lowest BCUT2D eigenvalue weighted by atomic mass is 10.1. The van der Waals surface area contributed by atoms with E-state index in [1.165, 1.54) is 28.0 Å². The number of amides is 1. The van der Waals surface area contributed by atoms with Gasteiger partial charge in [0.1, 0.15) is 17.4 Å². The second-order valence-corrected chi connectivity index (χ2v) is 11.7. The minimum Gasteiger partial charge on any atom is -0.486 e. The summed E-state index contributed by atoms with van der Waals surface area (Å²) in [5.74, 6) is 0.829. The third kappa shape index (κ3) is 7.04. The standard InChI is InChI=1S/C28H33ClN4O4S2/c1-5-12-33-22(15-37-19-13-17(3)25(29)18(4)14-19)31-32-28(33)38-16-23(34)30-26-24(27(35)36-6-2)20-10-8-7-9-11-21(20)39-26/h5,13-14H,1,6-12,15-16H2,2-4H3,(H,30,34). The molecule has 11 heteroatoms. The summed E-state index contributed by atoms with van der Waals surface area (Å²) in [6.07, 6.45) is 6.75. The first-order valence-electron chi connectivity index (χ1n) is 13.0. The Labute approximate surface area is 242 Å². The fourth-order valence-corrected chi connectivity index (χ4v) is 6.69. The Hall–Kier alpha value is -2.82. The maximum atomic E-state index is 13.0. The molecule has 39 heavy (non-hydrogen) atoms. The number of anilines is 1. The summed E-state index contributed by atoms with van der Waals surface area (Å²) in [5, 5.41) is 13.4. The molecular weight excluding hydrogens is 556 g/mol. The van der Waals surface area contributed by atoms with Gasteiger partial charge in [0, 0.05) is 16.4 Å². The van der Waals surface area contributed by atoms with Crippen LogP contribution in [-0.4, -0.2) is 39.0 Å². The van der Waals surface area contributed by atoms with Gasteiger partial charge >= 0.3 is 5.97 Å². The van der Waals surface area contributed by atoms with E-state index in [2.05, 4.69) is 22.1 Å². The van der Waals surface area contributed by atoms with Gasteiger partial charge in [-0.05, 0) is 75.3 Å². The van der Waals surface area contributed by atoms with Gasteiger partial charge in [-0.15, -0.1) is 28.1 Å². The molecule has 0 radical (unpaired) electrons. The zero-order valence-corrected chi connectivity index (χ0v) is 24.9. The Morgan fingerprint density at radius 2 is 1.95 bits per heavy atom. The van der Waals surface area contributed by atoms with E-state index in [0.717, 1.165) is 53.8 Å².